The average Bonchev–Trinajstić information content (AvgIpc) is 4.02. The Balaban J connectivity index is 1.12. The maximum Gasteiger partial charge on any atom is 0.0821 e. The smallest absolute Gasteiger partial charge is 0.0821 e. The second kappa shape index (κ2) is 15.5. The second-order valence-electron chi connectivity index (χ2n) is 17.1. The molecule has 3 heteroatoms. The van der Waals surface area contributed by atoms with Gasteiger partial charge in [0.25, 0.3) is 0 Å². The molecular formula is C63H42N2S. The minimum Gasteiger partial charge on any atom is -0.310 e. The summed E-state index contributed by atoms with van der Waals surface area (Å²) in [7, 11) is 0. The van der Waals surface area contributed by atoms with Crippen molar-refractivity contribution in [1.29, 1.82) is 0 Å². The molecule has 10 aromatic carbocycles. The molecule has 66 heavy (non-hydrogen) atoms. The number of hydrogen-bond acceptors (Lipinski definition) is 3. The normalized spacial score (nSPS) is 14.1. The van der Waals surface area contributed by atoms with Crippen LogP contribution < -0.4 is 9.80 Å². The highest BCUT2D eigenvalue weighted by atomic mass is 32.1. The summed E-state index contributed by atoms with van der Waals surface area (Å²) in [6, 6.07) is 93.5. The molecule has 1 heterocycles. The first-order chi connectivity index (χ1) is 32.8. The van der Waals surface area contributed by atoms with Crippen molar-refractivity contribution in [3.8, 4) is 44.5 Å². The van der Waals surface area contributed by atoms with Crippen molar-refractivity contribution in [3.05, 3.63) is 276 Å². The van der Waals surface area contributed by atoms with E-state index in [2.05, 4.69) is 265 Å². The Morgan fingerprint density at radius 3 is 1.44 bits per heavy atom. The van der Waals surface area contributed by atoms with Crippen LogP contribution in [0.3, 0.4) is 0 Å². The summed E-state index contributed by atoms with van der Waals surface area (Å²) < 4.78 is 1.29. The molecule has 1 atom stereocenters. The summed E-state index contributed by atoms with van der Waals surface area (Å²) in [5.74, 6) is 0. The lowest BCUT2D eigenvalue weighted by Gasteiger charge is -2.33. The maximum atomic E-state index is 2.52. The number of nitrogens with zero attached hydrogens (tertiary/aromatic N) is 2. The van der Waals surface area contributed by atoms with E-state index in [4.69, 9.17) is 0 Å². The highest BCUT2D eigenvalue weighted by Crippen LogP contribution is 2.69. The molecule has 0 N–H and O–H groups in total. The van der Waals surface area contributed by atoms with Gasteiger partial charge in [0.1, 0.15) is 0 Å². The Hall–Kier alpha value is -8.24. The van der Waals surface area contributed by atoms with Gasteiger partial charge in [0.15, 0.2) is 0 Å². The molecule has 0 bridgehead atoms. The topological polar surface area (TPSA) is 6.48 Å². The van der Waals surface area contributed by atoms with Crippen molar-refractivity contribution in [3.63, 3.8) is 0 Å². The Bertz CT molecular complexity index is 3540. The van der Waals surface area contributed by atoms with E-state index in [-0.39, 0.29) is 0 Å². The van der Waals surface area contributed by atoms with E-state index in [1.807, 2.05) is 11.3 Å². The van der Waals surface area contributed by atoms with Crippen LogP contribution >= 0.6 is 11.3 Å². The van der Waals surface area contributed by atoms with Gasteiger partial charge in [-0.3, -0.25) is 0 Å². The SMILES string of the molecule is c1ccc(-c2ccc(N(c3ccccc3-c3ccccc3)c3cccc4c3-c3c(sc5ccccc35)C43c4ccccc4-c4c(N(c5ccccc5)c5ccccc5)cccc43)cc2)cc1. The van der Waals surface area contributed by atoms with E-state index < -0.39 is 5.41 Å². The fourth-order valence-corrected chi connectivity index (χ4v) is 12.4. The summed E-state index contributed by atoms with van der Waals surface area (Å²) in [6.45, 7) is 0. The number of hydrogen-bond donors (Lipinski definition) is 0. The molecule has 11 aromatic rings. The number of thiophene rings is 1. The highest BCUT2D eigenvalue weighted by Gasteiger charge is 2.55. The number of para-hydroxylation sites is 3. The van der Waals surface area contributed by atoms with Crippen molar-refractivity contribution in [1.82, 2.24) is 0 Å². The fraction of sp³-hybridized carbons (Fsp3) is 0.0159. The Labute approximate surface area is 389 Å². The number of rotatable bonds is 8. The summed E-state index contributed by atoms with van der Waals surface area (Å²) in [6.07, 6.45) is 0. The molecule has 0 radical (unpaired) electrons. The van der Waals surface area contributed by atoms with E-state index in [1.54, 1.807) is 0 Å². The van der Waals surface area contributed by atoms with Crippen LogP contribution in [0, 0.1) is 0 Å². The fourth-order valence-electron chi connectivity index (χ4n) is 11.0. The molecule has 0 amide bonds. The third kappa shape index (κ3) is 5.73. The van der Waals surface area contributed by atoms with Gasteiger partial charge in [-0.25, -0.2) is 0 Å². The van der Waals surface area contributed by atoms with Crippen LogP contribution in [0.4, 0.5) is 34.1 Å². The zero-order valence-electron chi connectivity index (χ0n) is 36.1. The lowest BCUT2D eigenvalue weighted by molar-refractivity contribution is 0.811. The van der Waals surface area contributed by atoms with Crippen molar-refractivity contribution >= 4 is 55.5 Å². The zero-order valence-corrected chi connectivity index (χ0v) is 36.9. The molecule has 1 aromatic heterocycles. The van der Waals surface area contributed by atoms with Gasteiger partial charge in [0, 0.05) is 54.3 Å². The van der Waals surface area contributed by atoms with Gasteiger partial charge in [-0.15, -0.1) is 11.3 Å². The van der Waals surface area contributed by atoms with Gasteiger partial charge in [-0.2, -0.15) is 0 Å². The van der Waals surface area contributed by atoms with E-state index in [0.29, 0.717) is 0 Å². The molecule has 0 aliphatic heterocycles. The standard InChI is InChI=1S/C63H42N2S/c1-5-21-43(22-6-1)44-39-41-48(42-40-44)65(55-35-17-14-29-49(55)45-23-7-2-8-24-45)57-37-20-34-54-61(57)60-51-31-15-18-38-58(51)66-62(60)63(54)52-32-16-13-30-50(52)59-53(63)33-19-36-56(59)64(46-25-9-3-10-26-46)47-27-11-4-12-28-47/h1-42H. The Kier molecular flexibility index (Phi) is 8.97. The first kappa shape index (κ1) is 38.2. The van der Waals surface area contributed by atoms with Crippen molar-refractivity contribution < 1.29 is 0 Å². The first-order valence-electron chi connectivity index (χ1n) is 22.7. The predicted octanol–water partition coefficient (Wildman–Crippen LogP) is 17.5. The van der Waals surface area contributed by atoms with Crippen molar-refractivity contribution in [2.24, 2.45) is 0 Å². The third-order valence-corrected chi connectivity index (χ3v) is 14.9. The largest absolute Gasteiger partial charge is 0.310 e. The molecule has 310 valence electrons. The number of fused-ring (bicyclic) bond motifs is 12. The van der Waals surface area contributed by atoms with Gasteiger partial charge in [0.05, 0.1) is 22.5 Å². The van der Waals surface area contributed by atoms with Crippen LogP contribution in [-0.2, 0) is 5.41 Å². The summed E-state index contributed by atoms with van der Waals surface area (Å²) in [5.41, 5.74) is 20.0. The number of benzene rings is 10. The van der Waals surface area contributed by atoms with Gasteiger partial charge >= 0.3 is 0 Å². The van der Waals surface area contributed by atoms with Crippen LogP contribution in [0.2, 0.25) is 0 Å². The average molecular weight is 859 g/mol. The molecule has 1 unspecified atom stereocenters. The molecule has 2 aliphatic rings. The minimum atomic E-state index is -0.576. The Morgan fingerprint density at radius 1 is 0.288 bits per heavy atom. The molecule has 1 spiro atoms. The zero-order chi connectivity index (χ0) is 43.6. The summed E-state index contributed by atoms with van der Waals surface area (Å²) in [5, 5.41) is 1.29. The monoisotopic (exact) mass is 858 g/mol. The molecule has 2 nitrogen and oxygen atoms in total. The maximum absolute atomic E-state index is 2.52. The highest BCUT2D eigenvalue weighted by molar-refractivity contribution is 7.20. The molecule has 0 fully saturated rings. The van der Waals surface area contributed by atoms with E-state index in [0.717, 1.165) is 28.4 Å². The molecule has 13 rings (SSSR count). The minimum absolute atomic E-state index is 0.576. The summed E-state index contributed by atoms with van der Waals surface area (Å²) >= 11 is 1.95. The molecule has 0 saturated carbocycles. The van der Waals surface area contributed by atoms with E-state index >= 15 is 0 Å². The quantitative estimate of drug-likeness (QED) is 0.150. The second-order valence-corrected chi connectivity index (χ2v) is 18.2. The number of anilines is 6. The van der Waals surface area contributed by atoms with Crippen LogP contribution in [-0.4, -0.2) is 0 Å². The molecule has 0 saturated heterocycles. The van der Waals surface area contributed by atoms with Crippen LogP contribution in [0.1, 0.15) is 21.6 Å². The lowest BCUT2D eigenvalue weighted by Crippen LogP contribution is -2.25. The lowest BCUT2D eigenvalue weighted by atomic mass is 9.73. The van der Waals surface area contributed by atoms with Crippen LogP contribution in [0.15, 0.2) is 255 Å². The van der Waals surface area contributed by atoms with Gasteiger partial charge in [-0.1, -0.05) is 194 Å². The predicted molar refractivity (Wildman–Crippen MR) is 278 cm³/mol. The van der Waals surface area contributed by atoms with E-state index in [9.17, 15) is 0 Å². The van der Waals surface area contributed by atoms with Crippen molar-refractivity contribution in [2.75, 3.05) is 9.80 Å². The van der Waals surface area contributed by atoms with Gasteiger partial charge < -0.3 is 9.80 Å². The third-order valence-electron chi connectivity index (χ3n) is 13.7. The van der Waals surface area contributed by atoms with Crippen molar-refractivity contribution in [2.45, 2.75) is 5.41 Å². The molecule has 2 aliphatic carbocycles. The van der Waals surface area contributed by atoms with Gasteiger partial charge in [0.2, 0.25) is 0 Å². The summed E-state index contributed by atoms with van der Waals surface area (Å²) in [4.78, 5) is 6.33. The van der Waals surface area contributed by atoms with E-state index in [1.165, 1.54) is 81.8 Å². The van der Waals surface area contributed by atoms with Crippen LogP contribution in [0.5, 0.6) is 0 Å². The van der Waals surface area contributed by atoms with Crippen LogP contribution in [0.25, 0.3) is 54.6 Å². The molecular weight excluding hydrogens is 817 g/mol. The first-order valence-corrected chi connectivity index (χ1v) is 23.5. The Morgan fingerprint density at radius 2 is 0.758 bits per heavy atom. The van der Waals surface area contributed by atoms with Gasteiger partial charge in [-0.05, 0) is 99.6 Å².